The largest absolute Gasteiger partial charge is 0.292 e. The molecular formula is C7H9N3. The molecule has 0 aliphatic carbocycles. The highest BCUT2D eigenvalue weighted by molar-refractivity contribution is 5.41. The van der Waals surface area contributed by atoms with Crippen molar-refractivity contribution in [3.05, 3.63) is 18.5 Å². The maximum Gasteiger partial charge on any atom is 0.233 e. The van der Waals surface area contributed by atoms with Crippen LogP contribution in [0.2, 0.25) is 0 Å². The number of hydrogen-bond donors (Lipinski definition) is 0. The molecule has 0 aromatic carbocycles. The first-order valence-corrected chi connectivity index (χ1v) is 2.92. The second-order valence-corrected chi connectivity index (χ2v) is 1.93. The third-order valence-corrected chi connectivity index (χ3v) is 1.17. The summed E-state index contributed by atoms with van der Waals surface area (Å²) < 4.78 is 1.72. The summed E-state index contributed by atoms with van der Waals surface area (Å²) in [5.41, 5.74) is 0.919. The van der Waals surface area contributed by atoms with Crippen LogP contribution in [0.15, 0.2) is 17.8 Å². The fourth-order valence-electron chi connectivity index (χ4n) is 0.755. The summed E-state index contributed by atoms with van der Waals surface area (Å²) in [7, 11) is 0. The molecule has 1 aromatic heterocycles. The monoisotopic (exact) mass is 135 g/mol. The van der Waals surface area contributed by atoms with Gasteiger partial charge < -0.3 is 0 Å². The van der Waals surface area contributed by atoms with Gasteiger partial charge in [-0.25, -0.2) is 9.98 Å². The predicted octanol–water partition coefficient (Wildman–Crippen LogP) is 1.62. The Morgan fingerprint density at radius 1 is 1.80 bits per heavy atom. The lowest BCUT2D eigenvalue weighted by Crippen LogP contribution is -1.79. The van der Waals surface area contributed by atoms with E-state index in [9.17, 15) is 0 Å². The Morgan fingerprint density at radius 3 is 2.90 bits per heavy atom. The van der Waals surface area contributed by atoms with Gasteiger partial charge in [0.1, 0.15) is 0 Å². The Bertz CT molecular complexity index is 234. The van der Waals surface area contributed by atoms with E-state index in [2.05, 4.69) is 23.3 Å². The third-order valence-electron chi connectivity index (χ3n) is 1.17. The Kier molecular flexibility index (Phi) is 1.67. The van der Waals surface area contributed by atoms with Crippen LogP contribution in [0.4, 0.5) is 5.95 Å². The van der Waals surface area contributed by atoms with Crippen molar-refractivity contribution < 1.29 is 0 Å². The van der Waals surface area contributed by atoms with E-state index in [4.69, 9.17) is 0 Å². The van der Waals surface area contributed by atoms with E-state index in [1.54, 1.807) is 10.8 Å². The number of aryl methyl sites for hydroxylation is 1. The highest BCUT2D eigenvalue weighted by Crippen LogP contribution is 2.10. The van der Waals surface area contributed by atoms with Crippen molar-refractivity contribution in [3.63, 3.8) is 0 Å². The summed E-state index contributed by atoms with van der Waals surface area (Å²) in [6.07, 6.45) is 3.49. The summed E-state index contributed by atoms with van der Waals surface area (Å²) in [6.45, 7) is 8.86. The summed E-state index contributed by atoms with van der Waals surface area (Å²) in [5, 5.41) is 0. The van der Waals surface area contributed by atoms with Gasteiger partial charge >= 0.3 is 0 Å². The number of aliphatic imine (C=N–C) groups is 1. The average Bonchev–Trinajstić information content (AvgIpc) is 2.30. The van der Waals surface area contributed by atoms with Gasteiger partial charge in [-0.2, -0.15) is 0 Å². The van der Waals surface area contributed by atoms with Crippen LogP contribution in [-0.2, 0) is 0 Å². The van der Waals surface area contributed by atoms with Gasteiger partial charge in [-0.05, 0) is 13.6 Å². The Hall–Kier alpha value is -1.38. The van der Waals surface area contributed by atoms with Crippen LogP contribution >= 0.6 is 0 Å². The summed E-state index contributed by atoms with van der Waals surface area (Å²) in [6, 6.07) is 0. The van der Waals surface area contributed by atoms with E-state index >= 15 is 0 Å². The van der Waals surface area contributed by atoms with Crippen molar-refractivity contribution in [1.29, 1.82) is 0 Å². The minimum Gasteiger partial charge on any atom is -0.292 e. The molecule has 52 valence electrons. The van der Waals surface area contributed by atoms with E-state index in [0.717, 1.165) is 5.69 Å². The van der Waals surface area contributed by atoms with Gasteiger partial charge in [-0.3, -0.25) is 4.57 Å². The number of imidazole rings is 1. The maximum absolute atomic E-state index is 4.06. The van der Waals surface area contributed by atoms with Crippen LogP contribution in [-0.4, -0.2) is 16.3 Å². The van der Waals surface area contributed by atoms with Crippen molar-refractivity contribution >= 4 is 18.9 Å². The molecule has 0 amide bonds. The average molecular weight is 135 g/mol. The molecule has 3 heteroatoms. The van der Waals surface area contributed by atoms with E-state index in [1.807, 2.05) is 13.1 Å². The summed E-state index contributed by atoms with van der Waals surface area (Å²) >= 11 is 0. The van der Waals surface area contributed by atoms with Crippen molar-refractivity contribution in [2.24, 2.45) is 4.99 Å². The van der Waals surface area contributed by atoms with Crippen LogP contribution in [0.25, 0.3) is 6.20 Å². The van der Waals surface area contributed by atoms with Crippen LogP contribution in [0.1, 0.15) is 5.69 Å². The third kappa shape index (κ3) is 0.978. The van der Waals surface area contributed by atoms with Gasteiger partial charge in [-0.15, -0.1) is 0 Å². The van der Waals surface area contributed by atoms with E-state index < -0.39 is 0 Å². The zero-order valence-corrected chi connectivity index (χ0v) is 5.91. The van der Waals surface area contributed by atoms with Crippen LogP contribution in [0.3, 0.4) is 0 Å². The van der Waals surface area contributed by atoms with Gasteiger partial charge in [0, 0.05) is 12.4 Å². The van der Waals surface area contributed by atoms with Crippen molar-refractivity contribution in [2.75, 3.05) is 0 Å². The molecule has 0 fully saturated rings. The topological polar surface area (TPSA) is 30.2 Å². The summed E-state index contributed by atoms with van der Waals surface area (Å²) in [5.74, 6) is 0.590. The van der Waals surface area contributed by atoms with Gasteiger partial charge in [0.25, 0.3) is 0 Å². The first kappa shape index (κ1) is 6.74. The van der Waals surface area contributed by atoms with Crippen LogP contribution in [0, 0.1) is 6.92 Å². The first-order valence-electron chi connectivity index (χ1n) is 2.92. The van der Waals surface area contributed by atoms with Gasteiger partial charge in [0.15, 0.2) is 0 Å². The first-order chi connectivity index (χ1) is 4.77. The maximum atomic E-state index is 4.06. The molecule has 0 saturated carbocycles. The molecule has 0 spiro atoms. The molecule has 0 radical (unpaired) electrons. The molecule has 0 atom stereocenters. The quantitative estimate of drug-likeness (QED) is 0.567. The molecule has 0 aliphatic rings. The van der Waals surface area contributed by atoms with Crippen molar-refractivity contribution in [1.82, 2.24) is 9.55 Å². The molecule has 10 heavy (non-hydrogen) atoms. The molecule has 0 N–H and O–H groups in total. The minimum atomic E-state index is 0.590. The number of rotatable bonds is 2. The lowest BCUT2D eigenvalue weighted by molar-refractivity contribution is 1.12. The lowest BCUT2D eigenvalue weighted by atomic mass is 10.6. The van der Waals surface area contributed by atoms with Crippen LogP contribution in [0.5, 0.6) is 0 Å². The Balaban J connectivity index is 3.20. The molecule has 0 aliphatic heterocycles. The van der Waals surface area contributed by atoms with E-state index in [0.29, 0.717) is 5.95 Å². The summed E-state index contributed by atoms with van der Waals surface area (Å²) in [4.78, 5) is 7.76. The SMILES string of the molecule is C=Cn1cc(C)nc1N=C. The minimum absolute atomic E-state index is 0.590. The zero-order chi connectivity index (χ0) is 7.56. The second kappa shape index (κ2) is 2.47. The fourth-order valence-corrected chi connectivity index (χ4v) is 0.755. The number of aromatic nitrogens is 2. The fraction of sp³-hybridized carbons (Fsp3) is 0.143. The van der Waals surface area contributed by atoms with Crippen LogP contribution < -0.4 is 0 Å². The molecule has 1 rings (SSSR count). The molecule has 3 nitrogen and oxygen atoms in total. The molecule has 0 saturated heterocycles. The molecule has 1 aromatic rings. The smallest absolute Gasteiger partial charge is 0.233 e. The predicted molar refractivity (Wildman–Crippen MR) is 42.6 cm³/mol. The highest BCUT2D eigenvalue weighted by atomic mass is 15.1. The zero-order valence-electron chi connectivity index (χ0n) is 5.91. The van der Waals surface area contributed by atoms with Crippen molar-refractivity contribution in [3.8, 4) is 0 Å². The molecule has 1 heterocycles. The van der Waals surface area contributed by atoms with Crippen molar-refractivity contribution in [2.45, 2.75) is 6.92 Å². The Morgan fingerprint density at radius 2 is 2.50 bits per heavy atom. The van der Waals surface area contributed by atoms with Gasteiger partial charge in [0.2, 0.25) is 5.95 Å². The Labute approximate surface area is 59.7 Å². The van der Waals surface area contributed by atoms with Gasteiger partial charge in [0.05, 0.1) is 5.69 Å². The molecule has 0 unspecified atom stereocenters. The molecule has 0 bridgehead atoms. The number of hydrogen-bond acceptors (Lipinski definition) is 2. The molecular weight excluding hydrogens is 126 g/mol. The van der Waals surface area contributed by atoms with E-state index in [-0.39, 0.29) is 0 Å². The standard InChI is InChI=1S/C7H9N3/c1-4-10-5-6(2)9-7(10)8-3/h4-5H,1,3H2,2H3. The van der Waals surface area contributed by atoms with Gasteiger partial charge in [-0.1, -0.05) is 6.58 Å². The lowest BCUT2D eigenvalue weighted by Gasteiger charge is -1.90. The highest BCUT2D eigenvalue weighted by Gasteiger charge is 1.97. The second-order valence-electron chi connectivity index (χ2n) is 1.93. The van der Waals surface area contributed by atoms with E-state index in [1.165, 1.54) is 0 Å². The normalized spacial score (nSPS) is 9.30. The number of nitrogens with zero attached hydrogens (tertiary/aromatic N) is 3.